The van der Waals surface area contributed by atoms with Gasteiger partial charge in [-0.25, -0.2) is 0 Å². The molecule has 0 radical (unpaired) electrons. The van der Waals surface area contributed by atoms with Crippen molar-refractivity contribution < 1.29 is 4.79 Å². The fraction of sp³-hybridized carbons (Fsp3) is 0.632. The zero-order valence-electron chi connectivity index (χ0n) is 13.4. The van der Waals surface area contributed by atoms with Crippen molar-refractivity contribution in [1.29, 1.82) is 0 Å². The molecule has 0 aliphatic heterocycles. The van der Waals surface area contributed by atoms with Gasteiger partial charge in [-0.2, -0.15) is 0 Å². The second kappa shape index (κ2) is 15.9. The van der Waals surface area contributed by atoms with E-state index in [1.165, 1.54) is 57.8 Å². The number of carbonyl (C=O) groups is 1. The maximum atomic E-state index is 11.2. The number of unbranched alkanes of at least 4 members (excludes halogenated alkanes) is 8. The van der Waals surface area contributed by atoms with Crippen LogP contribution in [0.4, 0.5) is 0 Å². The molecule has 0 aromatic heterocycles. The summed E-state index contributed by atoms with van der Waals surface area (Å²) in [4.78, 5) is 11.2. The van der Waals surface area contributed by atoms with E-state index in [9.17, 15) is 4.79 Å². The summed E-state index contributed by atoms with van der Waals surface area (Å²) >= 11 is 0. The number of carbonyl (C=O) groups excluding carboxylic acids is 1. The van der Waals surface area contributed by atoms with Gasteiger partial charge in [-0.15, -0.1) is 0 Å². The van der Waals surface area contributed by atoms with E-state index in [4.69, 9.17) is 0 Å². The molecule has 0 aliphatic carbocycles. The molecule has 0 unspecified atom stereocenters. The van der Waals surface area contributed by atoms with Gasteiger partial charge in [0.15, 0.2) is 5.78 Å². The van der Waals surface area contributed by atoms with Gasteiger partial charge < -0.3 is 0 Å². The monoisotopic (exact) mass is 276 g/mol. The quantitative estimate of drug-likeness (QED) is 0.223. The van der Waals surface area contributed by atoms with Gasteiger partial charge >= 0.3 is 0 Å². The molecule has 0 saturated heterocycles. The third-order valence-corrected chi connectivity index (χ3v) is 3.25. The lowest BCUT2D eigenvalue weighted by atomic mass is 10.1. The second-order valence-corrected chi connectivity index (χ2v) is 5.26. The second-order valence-electron chi connectivity index (χ2n) is 5.26. The van der Waals surface area contributed by atoms with Crippen LogP contribution in [0, 0.1) is 0 Å². The first-order valence-corrected chi connectivity index (χ1v) is 8.29. The van der Waals surface area contributed by atoms with Crippen LogP contribution in [0.25, 0.3) is 0 Å². The molecule has 0 aliphatic rings. The van der Waals surface area contributed by atoms with E-state index in [1.54, 1.807) is 18.2 Å². The molecule has 0 aromatic carbocycles. The molecule has 1 heteroatoms. The Kier molecular flexibility index (Phi) is 15.1. The SMILES string of the molecule is C/C=C/C(=O)/C=C/CCCCC/C=C/CCCCCC. The number of rotatable bonds is 13. The van der Waals surface area contributed by atoms with Gasteiger partial charge in [-0.05, 0) is 57.6 Å². The normalized spacial score (nSPS) is 12.1. The molecule has 0 saturated carbocycles. The summed E-state index contributed by atoms with van der Waals surface area (Å²) in [6.45, 7) is 4.12. The largest absolute Gasteiger partial charge is 0.290 e. The van der Waals surface area contributed by atoms with Crippen LogP contribution in [0.3, 0.4) is 0 Å². The first-order valence-electron chi connectivity index (χ1n) is 8.29. The van der Waals surface area contributed by atoms with Crippen molar-refractivity contribution in [2.45, 2.75) is 78.1 Å². The Morgan fingerprint density at radius 2 is 1.30 bits per heavy atom. The Morgan fingerprint density at radius 3 is 1.85 bits per heavy atom. The summed E-state index contributed by atoms with van der Waals surface area (Å²) in [6, 6.07) is 0. The van der Waals surface area contributed by atoms with Crippen molar-refractivity contribution in [3.05, 3.63) is 36.5 Å². The molecule has 0 N–H and O–H groups in total. The highest BCUT2D eigenvalue weighted by Crippen LogP contribution is 2.06. The molecule has 0 atom stereocenters. The van der Waals surface area contributed by atoms with E-state index in [-0.39, 0.29) is 5.78 Å². The number of ketones is 1. The molecular formula is C19H32O. The zero-order valence-corrected chi connectivity index (χ0v) is 13.4. The molecule has 114 valence electrons. The minimum Gasteiger partial charge on any atom is -0.290 e. The molecule has 20 heavy (non-hydrogen) atoms. The lowest BCUT2D eigenvalue weighted by Crippen LogP contribution is -1.83. The first kappa shape index (κ1) is 18.9. The van der Waals surface area contributed by atoms with Crippen molar-refractivity contribution in [3.63, 3.8) is 0 Å². The Labute approximate surface area is 125 Å². The molecule has 0 aromatic rings. The lowest BCUT2D eigenvalue weighted by Gasteiger charge is -1.96. The molecule has 0 bridgehead atoms. The highest BCUT2D eigenvalue weighted by molar-refractivity contribution is 5.98. The molecule has 0 spiro atoms. The average Bonchev–Trinajstić information content (AvgIpc) is 2.44. The highest BCUT2D eigenvalue weighted by atomic mass is 16.1. The summed E-state index contributed by atoms with van der Waals surface area (Å²) in [6.07, 6.45) is 24.3. The lowest BCUT2D eigenvalue weighted by molar-refractivity contribution is -0.110. The topological polar surface area (TPSA) is 17.1 Å². The standard InChI is InChI=1S/C19H32O/c1-3-5-6-7-8-9-10-11-12-13-14-15-16-18-19(20)17-4-2/h4,9-10,16-18H,3,5-8,11-15H2,1-2H3/b10-9+,17-4+,18-16+. The summed E-state index contributed by atoms with van der Waals surface area (Å²) < 4.78 is 0. The zero-order chi connectivity index (χ0) is 14.9. The highest BCUT2D eigenvalue weighted by Gasteiger charge is 1.89. The molecular weight excluding hydrogens is 244 g/mol. The number of hydrogen-bond acceptors (Lipinski definition) is 1. The van der Waals surface area contributed by atoms with Crippen LogP contribution in [0.2, 0.25) is 0 Å². The summed E-state index contributed by atoms with van der Waals surface area (Å²) in [5, 5.41) is 0. The van der Waals surface area contributed by atoms with Crippen LogP contribution >= 0.6 is 0 Å². The Bertz CT molecular complexity index is 297. The van der Waals surface area contributed by atoms with Gasteiger partial charge in [0.25, 0.3) is 0 Å². The van der Waals surface area contributed by atoms with Crippen molar-refractivity contribution in [2.75, 3.05) is 0 Å². The van der Waals surface area contributed by atoms with Crippen LogP contribution in [0.1, 0.15) is 78.1 Å². The average molecular weight is 276 g/mol. The molecule has 1 nitrogen and oxygen atoms in total. The van der Waals surface area contributed by atoms with Crippen LogP contribution in [-0.2, 0) is 4.79 Å². The van der Waals surface area contributed by atoms with Gasteiger partial charge in [0, 0.05) is 0 Å². The van der Waals surface area contributed by atoms with Crippen LogP contribution in [0.5, 0.6) is 0 Å². The van der Waals surface area contributed by atoms with E-state index in [0.29, 0.717) is 0 Å². The van der Waals surface area contributed by atoms with Crippen molar-refractivity contribution in [2.24, 2.45) is 0 Å². The molecule has 0 rings (SSSR count). The third kappa shape index (κ3) is 14.9. The Morgan fingerprint density at radius 1 is 0.750 bits per heavy atom. The van der Waals surface area contributed by atoms with E-state index >= 15 is 0 Å². The number of allylic oxidation sites excluding steroid dienone is 6. The number of hydrogen-bond donors (Lipinski definition) is 0. The molecule has 0 amide bonds. The van der Waals surface area contributed by atoms with E-state index in [0.717, 1.165) is 6.42 Å². The maximum Gasteiger partial charge on any atom is 0.177 e. The Balaban J connectivity index is 3.28. The molecule has 0 heterocycles. The summed E-state index contributed by atoms with van der Waals surface area (Å²) in [5.74, 6) is 0.0958. The van der Waals surface area contributed by atoms with Crippen molar-refractivity contribution in [3.8, 4) is 0 Å². The van der Waals surface area contributed by atoms with Gasteiger partial charge in [-0.3, -0.25) is 4.79 Å². The van der Waals surface area contributed by atoms with Gasteiger partial charge in [0.2, 0.25) is 0 Å². The third-order valence-electron chi connectivity index (χ3n) is 3.25. The predicted octanol–water partition coefficient (Wildman–Crippen LogP) is 6.16. The molecule has 0 fully saturated rings. The van der Waals surface area contributed by atoms with Crippen LogP contribution < -0.4 is 0 Å². The summed E-state index contributed by atoms with van der Waals surface area (Å²) in [7, 11) is 0. The van der Waals surface area contributed by atoms with Crippen LogP contribution in [0.15, 0.2) is 36.5 Å². The smallest absolute Gasteiger partial charge is 0.177 e. The fourth-order valence-electron chi connectivity index (χ4n) is 2.05. The van der Waals surface area contributed by atoms with E-state index in [2.05, 4.69) is 19.1 Å². The predicted molar refractivity (Wildman–Crippen MR) is 89.9 cm³/mol. The first-order chi connectivity index (χ1) is 9.81. The van der Waals surface area contributed by atoms with Crippen molar-refractivity contribution >= 4 is 5.78 Å². The van der Waals surface area contributed by atoms with E-state index in [1.807, 2.05) is 13.0 Å². The van der Waals surface area contributed by atoms with E-state index < -0.39 is 0 Å². The fourth-order valence-corrected chi connectivity index (χ4v) is 2.05. The van der Waals surface area contributed by atoms with Gasteiger partial charge in [0.1, 0.15) is 0 Å². The van der Waals surface area contributed by atoms with Crippen LogP contribution in [-0.4, -0.2) is 5.78 Å². The van der Waals surface area contributed by atoms with Crippen molar-refractivity contribution in [1.82, 2.24) is 0 Å². The van der Waals surface area contributed by atoms with Gasteiger partial charge in [-0.1, -0.05) is 56.9 Å². The minimum absolute atomic E-state index is 0.0958. The summed E-state index contributed by atoms with van der Waals surface area (Å²) in [5.41, 5.74) is 0. The minimum atomic E-state index is 0.0958. The maximum absolute atomic E-state index is 11.2. The Hall–Kier alpha value is -1.11. The van der Waals surface area contributed by atoms with Gasteiger partial charge in [0.05, 0.1) is 0 Å².